The van der Waals surface area contributed by atoms with E-state index >= 15 is 0 Å². The monoisotopic (exact) mass is 340 g/mol. The zero-order valence-electron chi connectivity index (χ0n) is 14.3. The van der Waals surface area contributed by atoms with Crippen LogP contribution in [0, 0.1) is 6.92 Å². The van der Waals surface area contributed by atoms with Crippen LogP contribution in [0.5, 0.6) is 23.0 Å². The van der Waals surface area contributed by atoms with E-state index in [1.165, 1.54) is 0 Å². The molecule has 130 valence electrons. The summed E-state index contributed by atoms with van der Waals surface area (Å²) in [5.74, 6) is 3.93. The molecule has 0 saturated heterocycles. The van der Waals surface area contributed by atoms with Gasteiger partial charge in [0.25, 0.3) is 0 Å². The average Bonchev–Trinajstić information content (AvgIpc) is 2.94. The third kappa shape index (κ3) is 2.95. The zero-order valence-corrected chi connectivity index (χ0v) is 14.3. The predicted octanol–water partition coefficient (Wildman–Crippen LogP) is 3.20. The summed E-state index contributed by atoms with van der Waals surface area (Å²) >= 11 is 0. The molecule has 2 heterocycles. The van der Waals surface area contributed by atoms with Gasteiger partial charge in [-0.3, -0.25) is 0 Å². The lowest BCUT2D eigenvalue weighted by molar-refractivity contribution is 0.172. The summed E-state index contributed by atoms with van der Waals surface area (Å²) in [4.78, 5) is 4.63. The highest BCUT2D eigenvalue weighted by Crippen LogP contribution is 2.34. The van der Waals surface area contributed by atoms with Crippen molar-refractivity contribution in [3.63, 3.8) is 0 Å². The number of aromatic nitrogens is 2. The van der Waals surface area contributed by atoms with Crippen molar-refractivity contribution in [2.24, 2.45) is 0 Å². The van der Waals surface area contributed by atoms with Crippen LogP contribution in [-0.4, -0.2) is 36.5 Å². The van der Waals surface area contributed by atoms with Crippen LogP contribution >= 0.6 is 0 Å². The molecule has 1 aliphatic rings. The second-order valence-electron chi connectivity index (χ2n) is 5.79. The van der Waals surface area contributed by atoms with Crippen molar-refractivity contribution in [3.05, 3.63) is 42.2 Å². The fourth-order valence-corrected chi connectivity index (χ4v) is 3.05. The van der Waals surface area contributed by atoms with Crippen LogP contribution in [0.15, 0.2) is 36.4 Å². The van der Waals surface area contributed by atoms with Crippen molar-refractivity contribution in [1.29, 1.82) is 0 Å². The Morgan fingerprint density at radius 3 is 2.56 bits per heavy atom. The number of hydrogen-bond donors (Lipinski definition) is 0. The number of benzene rings is 2. The molecule has 4 rings (SSSR count). The zero-order chi connectivity index (χ0) is 17.2. The third-order valence-electron chi connectivity index (χ3n) is 4.24. The second kappa shape index (κ2) is 6.55. The van der Waals surface area contributed by atoms with Gasteiger partial charge in [0.15, 0.2) is 23.0 Å². The first-order chi connectivity index (χ1) is 12.3. The molecule has 1 aromatic heterocycles. The van der Waals surface area contributed by atoms with Gasteiger partial charge in [-0.15, -0.1) is 0 Å². The molecule has 6 heteroatoms. The molecule has 0 N–H and O–H groups in total. The highest BCUT2D eigenvalue weighted by molar-refractivity contribution is 5.80. The van der Waals surface area contributed by atoms with Gasteiger partial charge in [-0.1, -0.05) is 12.1 Å². The van der Waals surface area contributed by atoms with E-state index in [4.69, 9.17) is 18.9 Å². The summed E-state index contributed by atoms with van der Waals surface area (Å²) in [5, 5.41) is 0. The molecule has 0 spiro atoms. The smallest absolute Gasteiger partial charge is 0.163 e. The maximum absolute atomic E-state index is 5.89. The van der Waals surface area contributed by atoms with Crippen molar-refractivity contribution in [3.8, 4) is 23.0 Å². The van der Waals surface area contributed by atoms with E-state index in [-0.39, 0.29) is 0 Å². The summed E-state index contributed by atoms with van der Waals surface area (Å²) in [7, 11) is 1.64. The Kier molecular flexibility index (Phi) is 4.09. The number of rotatable bonds is 5. The van der Waals surface area contributed by atoms with Crippen molar-refractivity contribution >= 4 is 11.0 Å². The SMILES string of the molecule is COc1ccccc1OCCn1c(C)nc2cc3c(cc21)OCCO3. The van der Waals surface area contributed by atoms with Gasteiger partial charge in [0.2, 0.25) is 0 Å². The lowest BCUT2D eigenvalue weighted by atomic mass is 10.2. The Morgan fingerprint density at radius 2 is 1.80 bits per heavy atom. The summed E-state index contributed by atoms with van der Waals surface area (Å²) in [5.41, 5.74) is 1.92. The van der Waals surface area contributed by atoms with Crippen LogP contribution in [0.4, 0.5) is 0 Å². The van der Waals surface area contributed by atoms with Crippen molar-refractivity contribution in [2.75, 3.05) is 26.9 Å². The van der Waals surface area contributed by atoms with E-state index in [9.17, 15) is 0 Å². The maximum atomic E-state index is 5.89. The summed E-state index contributed by atoms with van der Waals surface area (Å²) < 4.78 is 24.6. The van der Waals surface area contributed by atoms with Crippen LogP contribution in [0.3, 0.4) is 0 Å². The van der Waals surface area contributed by atoms with Gasteiger partial charge in [-0.05, 0) is 19.1 Å². The van der Waals surface area contributed by atoms with Gasteiger partial charge in [0.1, 0.15) is 25.6 Å². The van der Waals surface area contributed by atoms with E-state index in [1.54, 1.807) is 7.11 Å². The summed E-state index contributed by atoms with van der Waals surface area (Å²) in [6.07, 6.45) is 0. The average molecular weight is 340 g/mol. The Morgan fingerprint density at radius 1 is 1.08 bits per heavy atom. The van der Waals surface area contributed by atoms with E-state index in [0.717, 1.165) is 39.9 Å². The molecule has 3 aromatic rings. The number of aryl methyl sites for hydroxylation is 1. The van der Waals surface area contributed by atoms with Gasteiger partial charge in [0, 0.05) is 12.1 Å². The first-order valence-corrected chi connectivity index (χ1v) is 8.28. The number of nitrogens with zero attached hydrogens (tertiary/aromatic N) is 2. The molecular weight excluding hydrogens is 320 g/mol. The van der Waals surface area contributed by atoms with E-state index < -0.39 is 0 Å². The fraction of sp³-hybridized carbons (Fsp3) is 0.316. The van der Waals surface area contributed by atoms with Crippen LogP contribution in [0.1, 0.15) is 5.82 Å². The molecule has 0 fully saturated rings. The van der Waals surface area contributed by atoms with Gasteiger partial charge in [0.05, 0.1) is 24.7 Å². The highest BCUT2D eigenvalue weighted by atomic mass is 16.6. The summed E-state index contributed by atoms with van der Waals surface area (Å²) in [6.45, 7) is 4.33. The van der Waals surface area contributed by atoms with Crippen LogP contribution < -0.4 is 18.9 Å². The van der Waals surface area contributed by atoms with Gasteiger partial charge < -0.3 is 23.5 Å². The fourth-order valence-electron chi connectivity index (χ4n) is 3.05. The molecule has 0 atom stereocenters. The standard InChI is InChI=1S/C19H20N2O4/c1-13-20-14-11-18-19(25-10-9-24-18)12-15(14)21(13)7-8-23-17-6-4-3-5-16(17)22-2/h3-6,11-12H,7-10H2,1-2H3. The van der Waals surface area contributed by atoms with Gasteiger partial charge in [-0.25, -0.2) is 4.98 Å². The first-order valence-electron chi connectivity index (χ1n) is 8.28. The molecule has 1 aliphatic heterocycles. The molecule has 6 nitrogen and oxygen atoms in total. The molecule has 2 aromatic carbocycles. The molecular formula is C19H20N2O4. The molecule has 0 radical (unpaired) electrons. The largest absolute Gasteiger partial charge is 0.493 e. The van der Waals surface area contributed by atoms with Crippen molar-refractivity contribution in [2.45, 2.75) is 13.5 Å². The topological polar surface area (TPSA) is 54.7 Å². The Bertz CT molecular complexity index is 904. The lowest BCUT2D eigenvalue weighted by Gasteiger charge is -2.18. The molecule has 0 unspecified atom stereocenters. The minimum absolute atomic E-state index is 0.515. The Hall–Kier alpha value is -2.89. The number of imidazole rings is 1. The minimum atomic E-state index is 0.515. The second-order valence-corrected chi connectivity index (χ2v) is 5.79. The number of fused-ring (bicyclic) bond motifs is 2. The molecule has 25 heavy (non-hydrogen) atoms. The van der Waals surface area contributed by atoms with E-state index in [2.05, 4.69) is 9.55 Å². The molecule has 0 saturated carbocycles. The van der Waals surface area contributed by atoms with E-state index in [0.29, 0.717) is 26.4 Å². The third-order valence-corrected chi connectivity index (χ3v) is 4.24. The molecule has 0 bridgehead atoms. The highest BCUT2D eigenvalue weighted by Gasteiger charge is 2.17. The van der Waals surface area contributed by atoms with Crippen molar-refractivity contribution < 1.29 is 18.9 Å². The number of ether oxygens (including phenoxy) is 4. The van der Waals surface area contributed by atoms with Crippen LogP contribution in [0.25, 0.3) is 11.0 Å². The van der Waals surface area contributed by atoms with Gasteiger partial charge >= 0.3 is 0 Å². The normalized spacial score (nSPS) is 13.0. The van der Waals surface area contributed by atoms with Gasteiger partial charge in [-0.2, -0.15) is 0 Å². The molecule has 0 amide bonds. The maximum Gasteiger partial charge on any atom is 0.163 e. The Balaban J connectivity index is 1.56. The number of methoxy groups -OCH3 is 1. The van der Waals surface area contributed by atoms with Crippen LogP contribution in [-0.2, 0) is 6.54 Å². The van der Waals surface area contributed by atoms with E-state index in [1.807, 2.05) is 43.3 Å². The quantitative estimate of drug-likeness (QED) is 0.714. The Labute approximate surface area is 145 Å². The van der Waals surface area contributed by atoms with Crippen LogP contribution in [0.2, 0.25) is 0 Å². The minimum Gasteiger partial charge on any atom is -0.493 e. The first kappa shape index (κ1) is 15.6. The number of hydrogen-bond acceptors (Lipinski definition) is 5. The number of para-hydroxylation sites is 2. The lowest BCUT2D eigenvalue weighted by Crippen LogP contribution is -2.15. The molecule has 0 aliphatic carbocycles. The summed E-state index contributed by atoms with van der Waals surface area (Å²) in [6, 6.07) is 11.6. The predicted molar refractivity (Wildman–Crippen MR) is 93.9 cm³/mol. The van der Waals surface area contributed by atoms with Crippen molar-refractivity contribution in [1.82, 2.24) is 9.55 Å².